The third kappa shape index (κ3) is 2.40. The van der Waals surface area contributed by atoms with Crippen molar-refractivity contribution in [3.8, 4) is 0 Å². The van der Waals surface area contributed by atoms with Gasteiger partial charge >= 0.3 is 0 Å². The van der Waals surface area contributed by atoms with Crippen molar-refractivity contribution in [2.45, 2.75) is 37.0 Å². The minimum absolute atomic E-state index is 0.134. The van der Waals surface area contributed by atoms with E-state index in [9.17, 15) is 8.42 Å². The normalized spacial score (nSPS) is 29.7. The van der Waals surface area contributed by atoms with Crippen molar-refractivity contribution >= 4 is 10.0 Å². The summed E-state index contributed by atoms with van der Waals surface area (Å²) in [4.78, 5) is 0. The molecule has 0 spiro atoms. The first-order chi connectivity index (χ1) is 7.64. The topological polar surface area (TPSA) is 72.6 Å². The van der Waals surface area contributed by atoms with Gasteiger partial charge in [-0.3, -0.25) is 0 Å². The van der Waals surface area contributed by atoms with Gasteiger partial charge in [-0.05, 0) is 12.8 Å². The fraction of sp³-hybridized carbons (Fsp3) is 1.00. The van der Waals surface area contributed by atoms with E-state index >= 15 is 0 Å². The Morgan fingerprint density at radius 3 is 2.62 bits per heavy atom. The van der Waals surface area contributed by atoms with Gasteiger partial charge in [-0.25, -0.2) is 8.42 Å². The highest BCUT2D eigenvalue weighted by molar-refractivity contribution is 7.89. The molecule has 2 rings (SSSR count). The van der Waals surface area contributed by atoms with E-state index in [1.54, 1.807) is 4.31 Å². The predicted molar refractivity (Wildman–Crippen MR) is 61.5 cm³/mol. The fourth-order valence-corrected chi connectivity index (χ4v) is 4.52. The second-order valence-electron chi connectivity index (χ2n) is 4.54. The molecule has 2 fully saturated rings. The molecule has 0 aromatic rings. The van der Waals surface area contributed by atoms with Crippen LogP contribution >= 0.6 is 0 Å². The lowest BCUT2D eigenvalue weighted by Crippen LogP contribution is -2.50. The van der Waals surface area contributed by atoms with Gasteiger partial charge in [0.25, 0.3) is 0 Å². The summed E-state index contributed by atoms with van der Waals surface area (Å²) in [6.45, 7) is 1.76. The van der Waals surface area contributed by atoms with Crippen molar-refractivity contribution in [3.63, 3.8) is 0 Å². The summed E-state index contributed by atoms with van der Waals surface area (Å²) in [5.74, 6) is 0. The number of morpholine rings is 1. The fourth-order valence-electron chi connectivity index (χ4n) is 2.46. The number of hydrogen-bond donors (Lipinski definition) is 1. The average molecular weight is 248 g/mol. The van der Waals surface area contributed by atoms with Crippen molar-refractivity contribution in [3.05, 3.63) is 0 Å². The van der Waals surface area contributed by atoms with Gasteiger partial charge in [0.15, 0.2) is 0 Å². The number of rotatable bonds is 3. The van der Waals surface area contributed by atoms with Crippen LogP contribution in [0.25, 0.3) is 0 Å². The molecule has 94 valence electrons. The molecular formula is C10H20N2O3S. The minimum Gasteiger partial charge on any atom is -0.374 e. The molecule has 0 amide bonds. The van der Waals surface area contributed by atoms with Crippen LogP contribution in [0.3, 0.4) is 0 Å². The van der Waals surface area contributed by atoms with Crippen molar-refractivity contribution in [1.82, 2.24) is 4.31 Å². The zero-order valence-corrected chi connectivity index (χ0v) is 10.3. The molecule has 2 N–H and O–H groups in total. The Balaban J connectivity index is 2.04. The monoisotopic (exact) mass is 248 g/mol. The summed E-state index contributed by atoms with van der Waals surface area (Å²) in [5.41, 5.74) is 5.52. The molecule has 1 atom stereocenters. The summed E-state index contributed by atoms with van der Waals surface area (Å²) in [6, 6.07) is 0. The van der Waals surface area contributed by atoms with Crippen molar-refractivity contribution in [1.29, 1.82) is 0 Å². The second kappa shape index (κ2) is 5.00. The van der Waals surface area contributed by atoms with Gasteiger partial charge in [-0.2, -0.15) is 4.31 Å². The van der Waals surface area contributed by atoms with E-state index in [2.05, 4.69) is 0 Å². The van der Waals surface area contributed by atoms with Gasteiger partial charge in [-0.1, -0.05) is 12.8 Å². The Bertz CT molecular complexity index is 325. The standard InChI is InChI=1S/C10H20N2O3S/c11-7-9-8-12(5-6-15-9)16(13,14)10-3-1-2-4-10/h9-10H,1-8,11H2. The quantitative estimate of drug-likeness (QED) is 0.758. The van der Waals surface area contributed by atoms with Crippen LogP contribution in [0.2, 0.25) is 0 Å². The third-order valence-corrected chi connectivity index (χ3v) is 5.81. The summed E-state index contributed by atoms with van der Waals surface area (Å²) < 4.78 is 31.5. The van der Waals surface area contributed by atoms with Crippen molar-refractivity contribution < 1.29 is 13.2 Å². The van der Waals surface area contributed by atoms with Gasteiger partial charge in [0.05, 0.1) is 18.0 Å². The van der Waals surface area contributed by atoms with Gasteiger partial charge in [0.1, 0.15) is 0 Å². The molecule has 16 heavy (non-hydrogen) atoms. The number of sulfonamides is 1. The van der Waals surface area contributed by atoms with Crippen LogP contribution in [-0.2, 0) is 14.8 Å². The van der Waals surface area contributed by atoms with Crippen LogP contribution in [0.4, 0.5) is 0 Å². The van der Waals surface area contributed by atoms with E-state index in [1.165, 1.54) is 0 Å². The molecule has 2 aliphatic rings. The predicted octanol–water partition coefficient (Wildman–Crippen LogP) is -0.0817. The molecule has 1 heterocycles. The van der Waals surface area contributed by atoms with E-state index < -0.39 is 10.0 Å². The lowest BCUT2D eigenvalue weighted by molar-refractivity contribution is 0.00423. The third-order valence-electron chi connectivity index (χ3n) is 3.45. The summed E-state index contributed by atoms with van der Waals surface area (Å²) >= 11 is 0. The maximum Gasteiger partial charge on any atom is 0.217 e. The van der Waals surface area contributed by atoms with Gasteiger partial charge in [0, 0.05) is 19.6 Å². The number of hydrogen-bond acceptors (Lipinski definition) is 4. The van der Waals surface area contributed by atoms with Crippen LogP contribution in [-0.4, -0.2) is 50.3 Å². The smallest absolute Gasteiger partial charge is 0.217 e. The maximum absolute atomic E-state index is 12.3. The highest BCUT2D eigenvalue weighted by Crippen LogP contribution is 2.27. The van der Waals surface area contributed by atoms with Crippen molar-refractivity contribution in [2.24, 2.45) is 5.73 Å². The zero-order chi connectivity index (χ0) is 11.6. The molecule has 6 heteroatoms. The molecule has 0 aromatic carbocycles. The van der Waals surface area contributed by atoms with Crippen LogP contribution in [0.5, 0.6) is 0 Å². The molecule has 1 saturated heterocycles. The number of ether oxygens (including phenoxy) is 1. The summed E-state index contributed by atoms with van der Waals surface area (Å²) in [7, 11) is -3.11. The molecular weight excluding hydrogens is 228 g/mol. The highest BCUT2D eigenvalue weighted by Gasteiger charge is 2.36. The van der Waals surface area contributed by atoms with Crippen LogP contribution in [0.15, 0.2) is 0 Å². The second-order valence-corrected chi connectivity index (χ2v) is 6.75. The average Bonchev–Trinajstić information content (AvgIpc) is 2.83. The van der Waals surface area contributed by atoms with Gasteiger partial charge in [-0.15, -0.1) is 0 Å². The molecule has 5 nitrogen and oxygen atoms in total. The first kappa shape index (κ1) is 12.3. The van der Waals surface area contributed by atoms with E-state index in [4.69, 9.17) is 10.5 Å². The van der Waals surface area contributed by atoms with E-state index in [1.807, 2.05) is 0 Å². The molecule has 0 bridgehead atoms. The highest BCUT2D eigenvalue weighted by atomic mass is 32.2. The molecule has 1 saturated carbocycles. The first-order valence-corrected chi connectivity index (χ1v) is 7.45. The molecule has 0 aromatic heterocycles. The largest absolute Gasteiger partial charge is 0.374 e. The summed E-state index contributed by atoms with van der Waals surface area (Å²) in [6.07, 6.45) is 3.56. The van der Waals surface area contributed by atoms with Crippen LogP contribution < -0.4 is 5.73 Å². The summed E-state index contributed by atoms with van der Waals surface area (Å²) in [5, 5.41) is -0.163. The maximum atomic E-state index is 12.3. The van der Waals surface area contributed by atoms with Crippen molar-refractivity contribution in [2.75, 3.05) is 26.2 Å². The Morgan fingerprint density at radius 2 is 2.00 bits per heavy atom. The Kier molecular flexibility index (Phi) is 3.84. The minimum atomic E-state index is -3.11. The molecule has 1 aliphatic heterocycles. The van der Waals surface area contributed by atoms with Crippen LogP contribution in [0, 0.1) is 0 Å². The molecule has 1 aliphatic carbocycles. The Labute approximate surface area is 97.0 Å². The first-order valence-electron chi connectivity index (χ1n) is 5.95. The van der Waals surface area contributed by atoms with Crippen LogP contribution in [0.1, 0.15) is 25.7 Å². The zero-order valence-electron chi connectivity index (χ0n) is 9.47. The Morgan fingerprint density at radius 1 is 1.31 bits per heavy atom. The van der Waals surface area contributed by atoms with E-state index in [-0.39, 0.29) is 11.4 Å². The van der Waals surface area contributed by atoms with Gasteiger partial charge < -0.3 is 10.5 Å². The molecule has 0 radical (unpaired) electrons. The number of nitrogens with zero attached hydrogens (tertiary/aromatic N) is 1. The lowest BCUT2D eigenvalue weighted by atomic mass is 10.3. The van der Waals surface area contributed by atoms with Gasteiger partial charge in [0.2, 0.25) is 10.0 Å². The SMILES string of the molecule is NCC1CN(S(=O)(=O)C2CCCC2)CCO1. The molecule has 1 unspecified atom stereocenters. The number of nitrogens with two attached hydrogens (primary N) is 1. The van der Waals surface area contributed by atoms with E-state index in [0.717, 1.165) is 25.7 Å². The lowest BCUT2D eigenvalue weighted by Gasteiger charge is -2.33. The Hall–Kier alpha value is -0.170. The van der Waals surface area contributed by atoms with E-state index in [0.29, 0.717) is 26.2 Å².